The zero-order valence-corrected chi connectivity index (χ0v) is 16.2. The Morgan fingerprint density at radius 3 is 2.28 bits per heavy atom. The van der Waals surface area contributed by atoms with Crippen molar-refractivity contribution in [3.63, 3.8) is 0 Å². The van der Waals surface area contributed by atoms with Crippen molar-refractivity contribution in [2.45, 2.75) is 18.9 Å². The second kappa shape index (κ2) is 10.2. The Labute approximate surface area is 169 Å². The minimum absolute atomic E-state index is 0.260. The molecule has 6 nitrogen and oxygen atoms in total. The number of hydrogen-bond donors (Lipinski definition) is 1. The molecule has 0 bridgehead atoms. The molecule has 0 radical (unpaired) electrons. The summed E-state index contributed by atoms with van der Waals surface area (Å²) < 4.78 is 16.4. The Morgan fingerprint density at radius 1 is 0.966 bits per heavy atom. The summed E-state index contributed by atoms with van der Waals surface area (Å²) in [6.07, 6.45) is 1.73. The van der Waals surface area contributed by atoms with Gasteiger partial charge in [0.2, 0.25) is 5.88 Å². The van der Waals surface area contributed by atoms with Gasteiger partial charge in [-0.1, -0.05) is 36.4 Å². The quantitative estimate of drug-likeness (QED) is 0.558. The minimum Gasteiger partial charge on any atom is -0.479 e. The molecule has 0 amide bonds. The van der Waals surface area contributed by atoms with Gasteiger partial charge in [-0.05, 0) is 35.4 Å². The summed E-state index contributed by atoms with van der Waals surface area (Å²) in [5.74, 6) is 1.10. The molecular weight excluding hydrogens is 370 g/mol. The number of aliphatic carboxylic acids is 1. The summed E-state index contributed by atoms with van der Waals surface area (Å²) in [5.41, 5.74) is 1.91. The Hall–Kier alpha value is -3.38. The molecule has 150 valence electrons. The molecule has 0 saturated carbocycles. The van der Waals surface area contributed by atoms with Gasteiger partial charge in [-0.15, -0.1) is 0 Å². The van der Waals surface area contributed by atoms with Crippen LogP contribution in [-0.2, 0) is 22.4 Å². The lowest BCUT2D eigenvalue weighted by Crippen LogP contribution is -2.24. The van der Waals surface area contributed by atoms with Crippen LogP contribution < -0.4 is 9.47 Å². The SMILES string of the molecule is COC(Cc1ccc(OCCc2ccc(Oc3ccccc3)cc2)nc1)C(=O)O. The van der Waals surface area contributed by atoms with Crippen LogP contribution in [0.15, 0.2) is 72.9 Å². The number of pyridine rings is 1. The average Bonchev–Trinajstić information content (AvgIpc) is 2.75. The topological polar surface area (TPSA) is 77.9 Å². The average molecular weight is 393 g/mol. The predicted octanol–water partition coefficient (Wildman–Crippen LogP) is 4.14. The third-order valence-electron chi connectivity index (χ3n) is 4.32. The van der Waals surface area contributed by atoms with Crippen LogP contribution in [0.1, 0.15) is 11.1 Å². The number of methoxy groups -OCH3 is 1. The first kappa shape index (κ1) is 20.4. The molecule has 0 spiro atoms. The van der Waals surface area contributed by atoms with E-state index in [4.69, 9.17) is 19.3 Å². The molecule has 6 heteroatoms. The van der Waals surface area contributed by atoms with Crippen molar-refractivity contribution in [1.29, 1.82) is 0 Å². The second-order valence-corrected chi connectivity index (χ2v) is 6.43. The number of aromatic nitrogens is 1. The molecule has 3 rings (SSSR count). The first-order valence-corrected chi connectivity index (χ1v) is 9.29. The van der Waals surface area contributed by atoms with Crippen molar-refractivity contribution in [2.24, 2.45) is 0 Å². The predicted molar refractivity (Wildman–Crippen MR) is 109 cm³/mol. The van der Waals surface area contributed by atoms with Gasteiger partial charge >= 0.3 is 5.97 Å². The summed E-state index contributed by atoms with van der Waals surface area (Å²) in [6.45, 7) is 0.487. The molecule has 0 saturated heterocycles. The lowest BCUT2D eigenvalue weighted by Gasteiger charge is -2.11. The highest BCUT2D eigenvalue weighted by molar-refractivity contribution is 5.72. The van der Waals surface area contributed by atoms with Gasteiger partial charge in [-0.3, -0.25) is 0 Å². The van der Waals surface area contributed by atoms with Crippen molar-refractivity contribution in [3.05, 3.63) is 84.1 Å². The third-order valence-corrected chi connectivity index (χ3v) is 4.32. The van der Waals surface area contributed by atoms with E-state index < -0.39 is 12.1 Å². The van der Waals surface area contributed by atoms with E-state index >= 15 is 0 Å². The fraction of sp³-hybridized carbons (Fsp3) is 0.217. The van der Waals surface area contributed by atoms with Gasteiger partial charge < -0.3 is 19.3 Å². The van der Waals surface area contributed by atoms with Gasteiger partial charge in [0.25, 0.3) is 0 Å². The van der Waals surface area contributed by atoms with Gasteiger partial charge in [0, 0.05) is 32.2 Å². The number of benzene rings is 2. The molecule has 1 atom stereocenters. The van der Waals surface area contributed by atoms with E-state index in [0.29, 0.717) is 12.5 Å². The van der Waals surface area contributed by atoms with Crippen LogP contribution in [0.25, 0.3) is 0 Å². The van der Waals surface area contributed by atoms with Crippen LogP contribution in [0.5, 0.6) is 17.4 Å². The van der Waals surface area contributed by atoms with E-state index in [-0.39, 0.29) is 6.42 Å². The lowest BCUT2D eigenvalue weighted by molar-refractivity contribution is -0.148. The molecule has 0 aliphatic carbocycles. The van der Waals surface area contributed by atoms with E-state index in [0.717, 1.165) is 29.0 Å². The van der Waals surface area contributed by atoms with Crippen LogP contribution in [0.4, 0.5) is 0 Å². The molecule has 0 aliphatic rings. The Morgan fingerprint density at radius 2 is 1.66 bits per heavy atom. The summed E-state index contributed by atoms with van der Waals surface area (Å²) >= 11 is 0. The largest absolute Gasteiger partial charge is 0.479 e. The maximum atomic E-state index is 11.0. The number of ether oxygens (including phenoxy) is 3. The molecular formula is C23H23NO5. The smallest absolute Gasteiger partial charge is 0.333 e. The second-order valence-electron chi connectivity index (χ2n) is 6.43. The first-order valence-electron chi connectivity index (χ1n) is 9.29. The summed E-state index contributed by atoms with van der Waals surface area (Å²) in [7, 11) is 1.38. The third kappa shape index (κ3) is 6.33. The number of carbonyl (C=O) groups is 1. The Balaban J connectivity index is 1.45. The van der Waals surface area contributed by atoms with Crippen LogP contribution in [-0.4, -0.2) is 35.9 Å². The highest BCUT2D eigenvalue weighted by Crippen LogP contribution is 2.21. The van der Waals surface area contributed by atoms with Crippen molar-refractivity contribution in [3.8, 4) is 17.4 Å². The molecule has 0 aliphatic heterocycles. The van der Waals surface area contributed by atoms with Crippen molar-refractivity contribution in [1.82, 2.24) is 4.98 Å². The van der Waals surface area contributed by atoms with Crippen LogP contribution in [0.2, 0.25) is 0 Å². The van der Waals surface area contributed by atoms with Gasteiger partial charge in [0.15, 0.2) is 6.10 Å². The van der Waals surface area contributed by atoms with Crippen LogP contribution in [0, 0.1) is 0 Å². The van der Waals surface area contributed by atoms with E-state index in [2.05, 4.69) is 4.98 Å². The van der Waals surface area contributed by atoms with E-state index in [9.17, 15) is 4.79 Å². The molecule has 0 fully saturated rings. The fourth-order valence-corrected chi connectivity index (χ4v) is 2.72. The number of rotatable bonds is 10. The minimum atomic E-state index is -0.993. The molecule has 1 aromatic heterocycles. The number of nitrogens with zero attached hydrogens (tertiary/aromatic N) is 1. The molecule has 1 unspecified atom stereocenters. The monoisotopic (exact) mass is 393 g/mol. The van der Waals surface area contributed by atoms with Crippen molar-refractivity contribution < 1.29 is 24.1 Å². The first-order chi connectivity index (χ1) is 14.1. The maximum absolute atomic E-state index is 11.0. The zero-order valence-electron chi connectivity index (χ0n) is 16.2. The van der Waals surface area contributed by atoms with Crippen molar-refractivity contribution >= 4 is 5.97 Å². The van der Waals surface area contributed by atoms with Crippen molar-refractivity contribution in [2.75, 3.05) is 13.7 Å². The molecule has 3 aromatic rings. The van der Waals surface area contributed by atoms with Gasteiger partial charge in [-0.2, -0.15) is 0 Å². The highest BCUT2D eigenvalue weighted by atomic mass is 16.5. The van der Waals surface area contributed by atoms with E-state index in [1.54, 1.807) is 18.3 Å². The maximum Gasteiger partial charge on any atom is 0.333 e. The fourth-order valence-electron chi connectivity index (χ4n) is 2.72. The molecule has 1 heterocycles. The van der Waals surface area contributed by atoms with Gasteiger partial charge in [0.05, 0.1) is 6.61 Å². The highest BCUT2D eigenvalue weighted by Gasteiger charge is 2.16. The number of carboxylic acids is 1. The van der Waals surface area contributed by atoms with Crippen LogP contribution in [0.3, 0.4) is 0 Å². The van der Waals surface area contributed by atoms with Gasteiger partial charge in [-0.25, -0.2) is 9.78 Å². The van der Waals surface area contributed by atoms with E-state index in [1.807, 2.05) is 54.6 Å². The molecule has 1 N–H and O–H groups in total. The lowest BCUT2D eigenvalue weighted by atomic mass is 10.1. The number of carboxylic acid groups (broad SMARTS) is 1. The Bertz CT molecular complexity index is 895. The standard InChI is InChI=1S/C23H23NO5/c1-27-21(23(25)26)15-18-9-12-22(24-16-18)28-14-13-17-7-10-20(11-8-17)29-19-5-3-2-4-6-19/h2-12,16,21H,13-15H2,1H3,(H,25,26). The Kier molecular flexibility index (Phi) is 7.19. The number of hydrogen-bond acceptors (Lipinski definition) is 5. The molecule has 2 aromatic carbocycles. The number of para-hydroxylation sites is 1. The normalized spacial score (nSPS) is 11.6. The summed E-state index contributed by atoms with van der Waals surface area (Å²) in [4.78, 5) is 15.2. The van der Waals surface area contributed by atoms with Crippen LogP contribution >= 0.6 is 0 Å². The van der Waals surface area contributed by atoms with E-state index in [1.165, 1.54) is 7.11 Å². The summed E-state index contributed by atoms with van der Waals surface area (Å²) in [6, 6.07) is 21.1. The summed E-state index contributed by atoms with van der Waals surface area (Å²) in [5, 5.41) is 9.03. The zero-order chi connectivity index (χ0) is 20.5. The molecule has 29 heavy (non-hydrogen) atoms. The van der Waals surface area contributed by atoms with Gasteiger partial charge in [0.1, 0.15) is 11.5 Å².